The Kier molecular flexibility index (Phi) is 8.88. The molecule has 0 atom stereocenters. The van der Waals surface area contributed by atoms with E-state index in [0.717, 1.165) is 45.5 Å². The van der Waals surface area contributed by atoms with Crippen LogP contribution in [0.25, 0.3) is 0 Å². The van der Waals surface area contributed by atoms with E-state index < -0.39 is 0 Å². The van der Waals surface area contributed by atoms with Crippen LogP contribution < -0.4 is 5.32 Å². The van der Waals surface area contributed by atoms with Crippen molar-refractivity contribution in [2.45, 2.75) is 6.42 Å². The second-order valence-corrected chi connectivity index (χ2v) is 3.34. The summed E-state index contributed by atoms with van der Waals surface area (Å²) in [6.07, 6.45) is 1.75. The van der Waals surface area contributed by atoms with Crippen molar-refractivity contribution in [1.29, 1.82) is 0 Å². The van der Waals surface area contributed by atoms with Crippen LogP contribution in [0.4, 0.5) is 0 Å². The molecule has 1 aliphatic heterocycles. The summed E-state index contributed by atoms with van der Waals surface area (Å²) >= 11 is 0. The van der Waals surface area contributed by atoms with Gasteiger partial charge in [-0.15, -0.1) is 12.4 Å². The van der Waals surface area contributed by atoms with E-state index in [1.807, 2.05) is 0 Å². The molecule has 0 aromatic rings. The predicted molar refractivity (Wildman–Crippen MR) is 62.4 cm³/mol. The predicted octanol–water partition coefficient (Wildman–Crippen LogP) is -0.293. The molecular formula is C9H18ClN3O3. The molecule has 0 radical (unpaired) electrons. The summed E-state index contributed by atoms with van der Waals surface area (Å²) in [7, 11) is 0. The highest BCUT2D eigenvalue weighted by Gasteiger charge is 2.09. The Hall–Kier alpha value is -0.850. The largest absolute Gasteiger partial charge is 0.411 e. The number of oxime groups is 1. The van der Waals surface area contributed by atoms with E-state index in [0.29, 0.717) is 6.54 Å². The van der Waals surface area contributed by atoms with Crippen molar-refractivity contribution in [2.24, 2.45) is 5.16 Å². The Labute approximate surface area is 101 Å². The molecule has 0 aromatic carbocycles. The number of hydrogen-bond acceptors (Lipinski definition) is 5. The average molecular weight is 252 g/mol. The number of amides is 1. The van der Waals surface area contributed by atoms with Gasteiger partial charge in [0.2, 0.25) is 0 Å². The Balaban J connectivity index is 0.00000225. The number of hydrogen-bond donors (Lipinski definition) is 2. The number of halogens is 1. The third-order valence-electron chi connectivity index (χ3n) is 2.23. The highest BCUT2D eigenvalue weighted by atomic mass is 35.5. The molecule has 94 valence electrons. The van der Waals surface area contributed by atoms with E-state index >= 15 is 0 Å². The number of morpholine rings is 1. The summed E-state index contributed by atoms with van der Waals surface area (Å²) in [6.45, 7) is 5.08. The average Bonchev–Trinajstić information content (AvgIpc) is 2.26. The lowest BCUT2D eigenvalue weighted by Crippen LogP contribution is -2.38. The first-order valence-electron chi connectivity index (χ1n) is 5.08. The highest BCUT2D eigenvalue weighted by molar-refractivity contribution is 6.25. The maximum absolute atomic E-state index is 10.8. The SMILES string of the molecule is Cl.O=C(/C=N/O)NCCCN1CCOCC1. The van der Waals surface area contributed by atoms with Crippen molar-refractivity contribution in [2.75, 3.05) is 39.4 Å². The molecule has 0 saturated carbocycles. The fraction of sp³-hybridized carbons (Fsp3) is 0.778. The third-order valence-corrected chi connectivity index (χ3v) is 2.23. The summed E-state index contributed by atoms with van der Waals surface area (Å²) in [4.78, 5) is 13.1. The highest BCUT2D eigenvalue weighted by Crippen LogP contribution is 1.96. The molecule has 7 heteroatoms. The van der Waals surface area contributed by atoms with Gasteiger partial charge < -0.3 is 15.3 Å². The van der Waals surface area contributed by atoms with Gasteiger partial charge >= 0.3 is 0 Å². The molecule has 1 rings (SSSR count). The summed E-state index contributed by atoms with van der Waals surface area (Å²) < 4.78 is 5.22. The van der Waals surface area contributed by atoms with Crippen molar-refractivity contribution in [3.8, 4) is 0 Å². The first-order valence-corrected chi connectivity index (χ1v) is 5.08. The molecule has 0 bridgehead atoms. The van der Waals surface area contributed by atoms with Crippen LogP contribution >= 0.6 is 12.4 Å². The van der Waals surface area contributed by atoms with Gasteiger partial charge in [-0.1, -0.05) is 5.16 Å². The number of nitrogens with one attached hydrogen (secondary N) is 1. The van der Waals surface area contributed by atoms with Crippen LogP contribution in [0.3, 0.4) is 0 Å². The fourth-order valence-electron chi connectivity index (χ4n) is 1.44. The summed E-state index contributed by atoms with van der Waals surface area (Å²) in [6, 6.07) is 0. The number of rotatable bonds is 5. The zero-order valence-corrected chi connectivity index (χ0v) is 9.91. The monoisotopic (exact) mass is 251 g/mol. The minimum absolute atomic E-state index is 0. The molecular weight excluding hydrogens is 234 g/mol. The zero-order valence-electron chi connectivity index (χ0n) is 9.09. The van der Waals surface area contributed by atoms with Gasteiger partial charge in [0.05, 0.1) is 13.2 Å². The lowest BCUT2D eigenvalue weighted by Gasteiger charge is -2.26. The van der Waals surface area contributed by atoms with Crippen molar-refractivity contribution in [3.63, 3.8) is 0 Å². The Morgan fingerprint density at radius 3 is 2.81 bits per heavy atom. The summed E-state index contributed by atoms with van der Waals surface area (Å²) in [5.41, 5.74) is 0. The lowest BCUT2D eigenvalue weighted by molar-refractivity contribution is -0.114. The van der Waals surface area contributed by atoms with Crippen LogP contribution in [-0.2, 0) is 9.53 Å². The lowest BCUT2D eigenvalue weighted by atomic mass is 10.3. The van der Waals surface area contributed by atoms with Crippen molar-refractivity contribution in [1.82, 2.24) is 10.2 Å². The van der Waals surface area contributed by atoms with Crippen molar-refractivity contribution < 1.29 is 14.7 Å². The second kappa shape index (κ2) is 9.38. The molecule has 0 aliphatic carbocycles. The third kappa shape index (κ3) is 6.60. The van der Waals surface area contributed by atoms with E-state index in [-0.39, 0.29) is 18.3 Å². The van der Waals surface area contributed by atoms with Gasteiger partial charge in [0, 0.05) is 19.6 Å². The minimum Gasteiger partial charge on any atom is -0.411 e. The normalized spacial score (nSPS) is 17.0. The summed E-state index contributed by atoms with van der Waals surface area (Å²) in [5.74, 6) is -0.362. The Morgan fingerprint density at radius 2 is 2.19 bits per heavy atom. The van der Waals surface area contributed by atoms with Gasteiger partial charge in [-0.3, -0.25) is 9.69 Å². The van der Waals surface area contributed by atoms with Crippen molar-refractivity contribution in [3.05, 3.63) is 0 Å². The van der Waals surface area contributed by atoms with Gasteiger partial charge in [0.25, 0.3) is 5.91 Å². The molecule has 0 unspecified atom stereocenters. The van der Waals surface area contributed by atoms with Gasteiger partial charge in [-0.25, -0.2) is 0 Å². The smallest absolute Gasteiger partial charge is 0.265 e. The molecule has 0 aromatic heterocycles. The number of nitrogens with zero attached hydrogens (tertiary/aromatic N) is 2. The van der Waals surface area contributed by atoms with Gasteiger partial charge in [-0.05, 0) is 13.0 Å². The van der Waals surface area contributed by atoms with E-state index in [9.17, 15) is 4.79 Å². The number of ether oxygens (including phenoxy) is 1. The van der Waals surface area contributed by atoms with E-state index in [1.165, 1.54) is 0 Å². The molecule has 1 fully saturated rings. The van der Waals surface area contributed by atoms with Crippen LogP contribution in [0, 0.1) is 0 Å². The van der Waals surface area contributed by atoms with E-state index in [2.05, 4.69) is 15.4 Å². The standard InChI is InChI=1S/C9H17N3O3.ClH/c13-9(8-11-14)10-2-1-3-12-4-6-15-7-5-12;/h8,14H,1-7H2,(H,10,13);1H/b11-8+;. The van der Waals surface area contributed by atoms with E-state index in [4.69, 9.17) is 9.94 Å². The minimum atomic E-state index is -0.362. The van der Waals surface area contributed by atoms with Crippen LogP contribution in [0.5, 0.6) is 0 Å². The van der Waals surface area contributed by atoms with Crippen LogP contribution in [0.1, 0.15) is 6.42 Å². The number of carbonyl (C=O) groups excluding carboxylic acids is 1. The number of carbonyl (C=O) groups is 1. The first-order chi connectivity index (χ1) is 7.33. The van der Waals surface area contributed by atoms with Gasteiger partial charge in [0.1, 0.15) is 6.21 Å². The molecule has 1 amide bonds. The van der Waals surface area contributed by atoms with E-state index in [1.54, 1.807) is 0 Å². The first kappa shape index (κ1) is 15.2. The topological polar surface area (TPSA) is 74.2 Å². The zero-order chi connectivity index (χ0) is 10.9. The molecule has 1 saturated heterocycles. The quantitative estimate of drug-likeness (QED) is 0.305. The second-order valence-electron chi connectivity index (χ2n) is 3.34. The van der Waals surface area contributed by atoms with Crippen molar-refractivity contribution >= 4 is 24.5 Å². The van der Waals surface area contributed by atoms with Gasteiger partial charge in [0.15, 0.2) is 0 Å². The maximum Gasteiger partial charge on any atom is 0.265 e. The Morgan fingerprint density at radius 1 is 1.50 bits per heavy atom. The Bertz CT molecular complexity index is 220. The molecule has 16 heavy (non-hydrogen) atoms. The molecule has 1 heterocycles. The summed E-state index contributed by atoms with van der Waals surface area (Å²) in [5, 5.41) is 13.3. The molecule has 2 N–H and O–H groups in total. The molecule has 6 nitrogen and oxygen atoms in total. The molecule has 1 aliphatic rings. The van der Waals surface area contributed by atoms with Crippen LogP contribution in [0.15, 0.2) is 5.16 Å². The maximum atomic E-state index is 10.8. The molecule has 0 spiro atoms. The van der Waals surface area contributed by atoms with Gasteiger partial charge in [-0.2, -0.15) is 0 Å². The van der Waals surface area contributed by atoms with Crippen LogP contribution in [0.2, 0.25) is 0 Å². The fourth-order valence-corrected chi connectivity index (χ4v) is 1.44. The van der Waals surface area contributed by atoms with Crippen LogP contribution in [-0.4, -0.2) is 61.6 Å².